The van der Waals surface area contributed by atoms with Gasteiger partial charge in [0.2, 0.25) is 0 Å². The third-order valence-electron chi connectivity index (χ3n) is 7.80. The Morgan fingerprint density at radius 3 is 2.71 bits per heavy atom. The van der Waals surface area contributed by atoms with Crippen LogP contribution < -0.4 is 10.2 Å². The van der Waals surface area contributed by atoms with E-state index in [0.29, 0.717) is 0 Å². The van der Waals surface area contributed by atoms with Gasteiger partial charge >= 0.3 is 0 Å². The fraction of sp³-hybridized carbons (Fsp3) is 0.194. The molecular weight excluding hydrogens is 428 g/mol. The number of aromatic nitrogens is 1. The number of rotatable bonds is 3. The molecule has 0 saturated carbocycles. The van der Waals surface area contributed by atoms with Crippen LogP contribution in [-0.4, -0.2) is 23.4 Å². The van der Waals surface area contributed by atoms with E-state index in [1.807, 2.05) is 18.6 Å². The molecule has 0 fully saturated rings. The number of hydrogen-bond acceptors (Lipinski definition) is 3. The number of para-hydroxylation sites is 2. The van der Waals surface area contributed by atoms with Crippen molar-refractivity contribution in [3.8, 4) is 5.69 Å². The van der Waals surface area contributed by atoms with Crippen molar-refractivity contribution < 1.29 is 0 Å². The summed E-state index contributed by atoms with van der Waals surface area (Å²) in [6, 6.07) is 22.9. The van der Waals surface area contributed by atoms with Gasteiger partial charge in [-0.25, -0.2) is 0 Å². The maximum absolute atomic E-state index is 4.32. The summed E-state index contributed by atoms with van der Waals surface area (Å²) >= 11 is 0. The number of hydrogen-bond donors (Lipinski definition) is 1. The van der Waals surface area contributed by atoms with Crippen LogP contribution >= 0.6 is 0 Å². The molecule has 0 spiro atoms. The molecule has 1 N–H and O–H groups in total. The molecule has 7 rings (SSSR count). The van der Waals surface area contributed by atoms with Gasteiger partial charge in [-0.1, -0.05) is 50.2 Å². The second kappa shape index (κ2) is 7.47. The monoisotopic (exact) mass is 456 g/mol. The lowest BCUT2D eigenvalue weighted by atomic mass is 9.75. The Hall–Kier alpha value is -4.05. The number of anilines is 1. The summed E-state index contributed by atoms with van der Waals surface area (Å²) in [6.45, 7) is 5.53. The van der Waals surface area contributed by atoms with Crippen molar-refractivity contribution in [1.29, 1.82) is 0 Å². The van der Waals surface area contributed by atoms with E-state index < -0.39 is 0 Å². The van der Waals surface area contributed by atoms with Gasteiger partial charge in [0.15, 0.2) is 0 Å². The smallest absolute Gasteiger partial charge is 0.0589 e. The first-order valence-corrected chi connectivity index (χ1v) is 12.4. The average Bonchev–Trinajstić information content (AvgIpc) is 3.23. The minimum Gasteiger partial charge on any atom is -0.387 e. The molecule has 0 bridgehead atoms. The van der Waals surface area contributed by atoms with Gasteiger partial charge in [0.25, 0.3) is 0 Å². The SMILES string of the molecule is CC1(C)c2ccccc2-n2c3ccc(N(C4=CCNC=C4)C4C=CN=CC4)cc3c3cccc1c32. The highest BCUT2D eigenvalue weighted by atomic mass is 15.2. The zero-order valence-electron chi connectivity index (χ0n) is 20.1. The number of fused-ring (bicyclic) bond motifs is 5. The molecule has 3 aliphatic rings. The molecule has 4 heterocycles. The maximum atomic E-state index is 4.32. The van der Waals surface area contributed by atoms with Gasteiger partial charge in [0, 0.05) is 53.0 Å². The van der Waals surface area contributed by atoms with Crippen LogP contribution in [0.2, 0.25) is 0 Å². The summed E-state index contributed by atoms with van der Waals surface area (Å²) in [6.07, 6.45) is 13.5. The van der Waals surface area contributed by atoms with Crippen LogP contribution in [0.3, 0.4) is 0 Å². The molecule has 0 amide bonds. The Bertz CT molecular complexity index is 1610. The normalized spacial score (nSPS) is 19.5. The van der Waals surface area contributed by atoms with E-state index in [0.717, 1.165) is 13.0 Å². The molecule has 4 heteroatoms. The molecule has 172 valence electrons. The Labute approximate surface area is 205 Å². The standard InChI is InChI=1S/C31H28N4/c1-31(2)26-7-3-4-9-29(26)35-28-11-10-23(20-25(28)24-6-5-8-27(31)30(24)35)34(21-12-16-32-17-13-21)22-14-18-33-19-15-22/h3-14,16,18-20,22,32H,15,17H2,1-2H3. The van der Waals surface area contributed by atoms with Crippen LogP contribution in [0, 0.1) is 0 Å². The van der Waals surface area contributed by atoms with Gasteiger partial charge in [-0.05, 0) is 59.8 Å². The summed E-state index contributed by atoms with van der Waals surface area (Å²) in [5, 5.41) is 5.90. The van der Waals surface area contributed by atoms with Gasteiger partial charge in [-0.2, -0.15) is 0 Å². The average molecular weight is 457 g/mol. The third kappa shape index (κ3) is 2.89. The van der Waals surface area contributed by atoms with Crippen LogP contribution in [0.5, 0.6) is 0 Å². The Kier molecular flexibility index (Phi) is 4.34. The van der Waals surface area contributed by atoms with E-state index in [1.54, 1.807) is 0 Å². The number of dihydropyridines is 1. The molecule has 1 aromatic heterocycles. The molecule has 4 nitrogen and oxygen atoms in total. The fourth-order valence-electron chi connectivity index (χ4n) is 6.11. The van der Waals surface area contributed by atoms with Crippen molar-refractivity contribution in [3.05, 3.63) is 108 Å². The summed E-state index contributed by atoms with van der Waals surface area (Å²) in [7, 11) is 0. The van der Waals surface area contributed by atoms with Gasteiger partial charge in [-0.15, -0.1) is 0 Å². The van der Waals surface area contributed by atoms with Crippen LogP contribution in [0.15, 0.2) is 102 Å². The van der Waals surface area contributed by atoms with Crippen molar-refractivity contribution in [3.63, 3.8) is 0 Å². The number of nitrogens with zero attached hydrogens (tertiary/aromatic N) is 3. The van der Waals surface area contributed by atoms with Crippen LogP contribution in [0.4, 0.5) is 5.69 Å². The predicted octanol–water partition coefficient (Wildman–Crippen LogP) is 6.59. The second-order valence-corrected chi connectivity index (χ2v) is 10.1. The molecular formula is C31H28N4. The quantitative estimate of drug-likeness (QED) is 0.377. The highest BCUT2D eigenvalue weighted by Gasteiger charge is 2.35. The molecule has 4 aromatic rings. The maximum Gasteiger partial charge on any atom is 0.0589 e. The van der Waals surface area contributed by atoms with Crippen molar-refractivity contribution in [2.45, 2.75) is 31.7 Å². The fourth-order valence-corrected chi connectivity index (χ4v) is 6.11. The number of allylic oxidation sites excluding steroid dienone is 1. The molecule has 0 radical (unpaired) electrons. The van der Waals surface area contributed by atoms with Gasteiger partial charge < -0.3 is 14.8 Å². The van der Waals surface area contributed by atoms with Gasteiger partial charge in [-0.3, -0.25) is 4.99 Å². The topological polar surface area (TPSA) is 32.6 Å². The Balaban J connectivity index is 1.50. The Morgan fingerprint density at radius 1 is 1.00 bits per heavy atom. The summed E-state index contributed by atoms with van der Waals surface area (Å²) < 4.78 is 2.48. The zero-order valence-corrected chi connectivity index (χ0v) is 20.1. The molecule has 3 aromatic carbocycles. The van der Waals surface area contributed by atoms with Gasteiger partial charge in [0.05, 0.1) is 22.8 Å². The van der Waals surface area contributed by atoms with E-state index in [1.165, 1.54) is 50.0 Å². The van der Waals surface area contributed by atoms with Crippen molar-refractivity contribution in [2.75, 3.05) is 11.4 Å². The molecule has 0 saturated heterocycles. The van der Waals surface area contributed by atoms with Gasteiger partial charge in [0.1, 0.15) is 0 Å². The van der Waals surface area contributed by atoms with Crippen molar-refractivity contribution >= 4 is 33.7 Å². The van der Waals surface area contributed by atoms with Crippen molar-refractivity contribution in [1.82, 2.24) is 9.88 Å². The number of nitrogens with one attached hydrogen (secondary N) is 1. The van der Waals surface area contributed by atoms with E-state index in [-0.39, 0.29) is 11.5 Å². The molecule has 3 aliphatic heterocycles. The highest BCUT2D eigenvalue weighted by molar-refractivity contribution is 6.12. The minimum absolute atomic E-state index is 0.0493. The number of aliphatic imine (C=N–C) groups is 1. The Morgan fingerprint density at radius 2 is 1.89 bits per heavy atom. The molecule has 35 heavy (non-hydrogen) atoms. The lowest BCUT2D eigenvalue weighted by molar-refractivity contribution is 0.630. The highest BCUT2D eigenvalue weighted by Crippen LogP contribution is 2.47. The van der Waals surface area contributed by atoms with Crippen LogP contribution in [-0.2, 0) is 5.41 Å². The lowest BCUT2D eigenvalue weighted by Crippen LogP contribution is -2.35. The largest absolute Gasteiger partial charge is 0.387 e. The minimum atomic E-state index is -0.0493. The molecule has 0 aliphatic carbocycles. The van der Waals surface area contributed by atoms with Crippen molar-refractivity contribution in [2.24, 2.45) is 4.99 Å². The molecule has 1 unspecified atom stereocenters. The zero-order chi connectivity index (χ0) is 23.6. The summed E-state index contributed by atoms with van der Waals surface area (Å²) in [5.41, 5.74) is 9.02. The summed E-state index contributed by atoms with van der Waals surface area (Å²) in [4.78, 5) is 6.77. The first-order chi connectivity index (χ1) is 17.1. The number of benzene rings is 3. The van der Waals surface area contributed by atoms with E-state index >= 15 is 0 Å². The molecule has 1 atom stereocenters. The predicted molar refractivity (Wildman–Crippen MR) is 147 cm³/mol. The van der Waals surface area contributed by atoms with E-state index in [2.05, 4.69) is 113 Å². The summed E-state index contributed by atoms with van der Waals surface area (Å²) in [5.74, 6) is 0. The second-order valence-electron chi connectivity index (χ2n) is 10.1. The first-order valence-electron chi connectivity index (χ1n) is 12.4. The third-order valence-corrected chi connectivity index (χ3v) is 7.80. The van der Waals surface area contributed by atoms with E-state index in [4.69, 9.17) is 0 Å². The van der Waals surface area contributed by atoms with Crippen LogP contribution in [0.1, 0.15) is 31.4 Å². The van der Waals surface area contributed by atoms with Crippen LogP contribution in [0.25, 0.3) is 27.5 Å². The lowest BCUT2D eigenvalue weighted by Gasteiger charge is -2.34. The first kappa shape index (κ1) is 20.3. The van der Waals surface area contributed by atoms with E-state index in [9.17, 15) is 0 Å².